The predicted octanol–water partition coefficient (Wildman–Crippen LogP) is 9.79. The first-order valence-electron chi connectivity index (χ1n) is 18.0. The van der Waals surface area contributed by atoms with Gasteiger partial charge in [0.2, 0.25) is 0 Å². The highest BCUT2D eigenvalue weighted by Crippen LogP contribution is 2.14. The van der Waals surface area contributed by atoms with Crippen LogP contribution in [0.2, 0.25) is 0 Å². The van der Waals surface area contributed by atoms with Crippen LogP contribution >= 0.6 is 0 Å². The maximum absolute atomic E-state index is 11.9. The Balaban J connectivity index is -0.00000205. The van der Waals surface area contributed by atoms with Crippen LogP contribution in [0, 0.1) is 0 Å². The number of hydrogen-bond donors (Lipinski definition) is 3. The molecular formula is C36H74O7. The average Bonchev–Trinajstić information content (AvgIpc) is 2.99. The zero-order valence-electron chi connectivity index (χ0n) is 28.9. The summed E-state index contributed by atoms with van der Waals surface area (Å²) in [7, 11) is 3.25. The summed E-state index contributed by atoms with van der Waals surface area (Å²) in [5.41, 5.74) is 0. The number of ether oxygens (including phenoxy) is 2. The van der Waals surface area contributed by atoms with Crippen LogP contribution in [-0.4, -0.2) is 61.3 Å². The lowest BCUT2D eigenvalue weighted by molar-refractivity contribution is -0.144. The molecule has 3 N–H and O–H groups in total. The van der Waals surface area contributed by atoms with Crippen molar-refractivity contribution in [1.82, 2.24) is 0 Å². The van der Waals surface area contributed by atoms with Gasteiger partial charge < -0.3 is 24.8 Å². The van der Waals surface area contributed by atoms with Crippen molar-refractivity contribution in [3.8, 4) is 0 Å². The summed E-state index contributed by atoms with van der Waals surface area (Å²) in [6.45, 7) is 2.63. The maximum atomic E-state index is 11.9. The molecule has 260 valence electrons. The SMILES string of the molecule is CCCCCCCCCCCCCCCC(=O)OCCCCCCCCCCCCCCCC(=O)O.COC.OCCO. The largest absolute Gasteiger partial charge is 0.481 e. The van der Waals surface area contributed by atoms with Crippen molar-refractivity contribution < 1.29 is 34.4 Å². The minimum Gasteiger partial charge on any atom is -0.481 e. The van der Waals surface area contributed by atoms with Gasteiger partial charge in [-0.25, -0.2) is 0 Å². The number of aliphatic carboxylic acids is 1. The van der Waals surface area contributed by atoms with Gasteiger partial charge in [-0.05, 0) is 19.3 Å². The van der Waals surface area contributed by atoms with E-state index in [2.05, 4.69) is 11.7 Å². The normalized spacial score (nSPS) is 10.4. The van der Waals surface area contributed by atoms with Crippen molar-refractivity contribution in [1.29, 1.82) is 0 Å². The van der Waals surface area contributed by atoms with Crippen LogP contribution in [0.3, 0.4) is 0 Å². The van der Waals surface area contributed by atoms with E-state index in [1.54, 1.807) is 14.2 Å². The second-order valence-corrected chi connectivity index (χ2v) is 11.8. The van der Waals surface area contributed by atoms with Crippen LogP contribution in [-0.2, 0) is 19.1 Å². The van der Waals surface area contributed by atoms with E-state index in [1.807, 2.05) is 0 Å². The molecule has 0 aliphatic heterocycles. The minimum atomic E-state index is -0.670. The second kappa shape index (κ2) is 45.3. The summed E-state index contributed by atoms with van der Waals surface area (Å²) < 4.78 is 9.65. The quantitative estimate of drug-likeness (QED) is 0.0523. The Morgan fingerprint density at radius 2 is 0.744 bits per heavy atom. The molecule has 0 aromatic heterocycles. The molecule has 7 nitrogen and oxygen atoms in total. The molecule has 0 aliphatic rings. The Bertz CT molecular complexity index is 512. The molecule has 0 fully saturated rings. The summed E-state index contributed by atoms with van der Waals surface area (Å²) in [5.74, 6) is -0.670. The third-order valence-electron chi connectivity index (χ3n) is 7.38. The number of aliphatic hydroxyl groups is 2. The van der Waals surface area contributed by atoms with Gasteiger partial charge in [0.05, 0.1) is 19.8 Å². The summed E-state index contributed by atoms with van der Waals surface area (Å²) in [6.07, 6.45) is 33.8. The molecule has 43 heavy (non-hydrogen) atoms. The number of carbonyl (C=O) groups is 2. The van der Waals surface area contributed by atoms with E-state index in [0.717, 1.165) is 25.7 Å². The molecule has 0 rings (SSSR count). The number of esters is 1. The van der Waals surface area contributed by atoms with Gasteiger partial charge in [0.25, 0.3) is 0 Å². The Kier molecular flexibility index (Phi) is 48.7. The van der Waals surface area contributed by atoms with Gasteiger partial charge in [-0.3, -0.25) is 9.59 Å². The molecule has 0 saturated heterocycles. The molecule has 0 atom stereocenters. The third kappa shape index (κ3) is 53.8. The van der Waals surface area contributed by atoms with Crippen molar-refractivity contribution in [2.45, 2.75) is 187 Å². The first-order chi connectivity index (χ1) is 21.0. The molecule has 0 saturated carbocycles. The number of hydrogen-bond acceptors (Lipinski definition) is 6. The highest BCUT2D eigenvalue weighted by atomic mass is 16.5. The summed E-state index contributed by atoms with van der Waals surface area (Å²) >= 11 is 0. The highest BCUT2D eigenvalue weighted by Gasteiger charge is 2.03. The standard InChI is InChI=1S/C32H62O4.C2H6O2.C2H6O/c1-2-3-4-5-6-7-8-10-14-17-20-23-26-29-32(35)36-30-27-24-21-18-15-12-9-11-13-16-19-22-25-28-31(33)34;3-1-2-4;1-3-2/h2-30H2,1H3,(H,33,34);3-4H,1-2H2;1-2H3. The zero-order chi connectivity index (χ0) is 32.5. The van der Waals surface area contributed by atoms with Gasteiger partial charge in [0.15, 0.2) is 0 Å². The summed E-state index contributed by atoms with van der Waals surface area (Å²) in [4.78, 5) is 22.3. The molecule has 0 aromatic carbocycles. The zero-order valence-corrected chi connectivity index (χ0v) is 28.9. The van der Waals surface area contributed by atoms with Crippen molar-refractivity contribution in [2.24, 2.45) is 0 Å². The van der Waals surface area contributed by atoms with Crippen LogP contribution in [0.15, 0.2) is 0 Å². The number of aliphatic hydroxyl groups excluding tert-OH is 2. The fourth-order valence-electron chi connectivity index (χ4n) is 4.87. The van der Waals surface area contributed by atoms with Gasteiger partial charge in [-0.1, -0.05) is 155 Å². The van der Waals surface area contributed by atoms with Gasteiger partial charge in [-0.2, -0.15) is 0 Å². The lowest BCUT2D eigenvalue weighted by Gasteiger charge is -2.06. The molecule has 0 heterocycles. The van der Waals surface area contributed by atoms with E-state index in [9.17, 15) is 9.59 Å². The molecule has 0 amide bonds. The van der Waals surface area contributed by atoms with Crippen LogP contribution < -0.4 is 0 Å². The minimum absolute atomic E-state index is 0.0000384. The molecule has 0 unspecified atom stereocenters. The van der Waals surface area contributed by atoms with Gasteiger partial charge in [-0.15, -0.1) is 0 Å². The number of methoxy groups -OCH3 is 1. The molecule has 0 aliphatic carbocycles. The Labute approximate surface area is 266 Å². The van der Waals surface area contributed by atoms with Crippen LogP contribution in [0.5, 0.6) is 0 Å². The van der Waals surface area contributed by atoms with E-state index in [1.165, 1.54) is 141 Å². The van der Waals surface area contributed by atoms with Crippen molar-refractivity contribution >= 4 is 11.9 Å². The number of carboxylic acids is 1. The van der Waals surface area contributed by atoms with E-state index in [0.29, 0.717) is 19.4 Å². The van der Waals surface area contributed by atoms with Gasteiger partial charge in [0.1, 0.15) is 0 Å². The topological polar surface area (TPSA) is 113 Å². The first-order valence-corrected chi connectivity index (χ1v) is 18.0. The van der Waals surface area contributed by atoms with Crippen LogP contribution in [0.4, 0.5) is 0 Å². The van der Waals surface area contributed by atoms with E-state index < -0.39 is 5.97 Å². The van der Waals surface area contributed by atoms with Gasteiger partial charge in [0, 0.05) is 27.1 Å². The molecule has 0 radical (unpaired) electrons. The van der Waals surface area contributed by atoms with E-state index in [-0.39, 0.29) is 19.2 Å². The van der Waals surface area contributed by atoms with E-state index >= 15 is 0 Å². The molecule has 7 heteroatoms. The fourth-order valence-corrected chi connectivity index (χ4v) is 4.87. The van der Waals surface area contributed by atoms with Crippen LogP contribution in [0.1, 0.15) is 187 Å². The first kappa shape index (κ1) is 46.2. The van der Waals surface area contributed by atoms with Crippen LogP contribution in [0.25, 0.3) is 0 Å². The summed E-state index contributed by atoms with van der Waals surface area (Å²) in [5, 5.41) is 23.9. The monoisotopic (exact) mass is 619 g/mol. The molecular weight excluding hydrogens is 544 g/mol. The van der Waals surface area contributed by atoms with E-state index in [4.69, 9.17) is 20.1 Å². The summed E-state index contributed by atoms with van der Waals surface area (Å²) in [6, 6.07) is 0. The lowest BCUT2D eigenvalue weighted by atomic mass is 10.0. The Hall–Kier alpha value is -1.18. The second-order valence-electron chi connectivity index (χ2n) is 11.8. The third-order valence-corrected chi connectivity index (χ3v) is 7.38. The lowest BCUT2D eigenvalue weighted by Crippen LogP contribution is -2.05. The molecule has 0 bridgehead atoms. The molecule has 0 aromatic rings. The Morgan fingerprint density at radius 1 is 0.465 bits per heavy atom. The van der Waals surface area contributed by atoms with Crippen molar-refractivity contribution in [3.63, 3.8) is 0 Å². The average molecular weight is 619 g/mol. The predicted molar refractivity (Wildman–Crippen MR) is 181 cm³/mol. The number of rotatable bonds is 31. The Morgan fingerprint density at radius 3 is 1.05 bits per heavy atom. The smallest absolute Gasteiger partial charge is 0.305 e. The molecule has 0 spiro atoms. The van der Waals surface area contributed by atoms with Crippen molar-refractivity contribution in [2.75, 3.05) is 34.0 Å². The number of carbonyl (C=O) groups excluding carboxylic acids is 1. The maximum Gasteiger partial charge on any atom is 0.305 e. The fraction of sp³-hybridized carbons (Fsp3) is 0.944. The van der Waals surface area contributed by atoms with Gasteiger partial charge >= 0.3 is 11.9 Å². The number of carboxylic acid groups (broad SMARTS) is 1. The highest BCUT2D eigenvalue weighted by molar-refractivity contribution is 5.69. The number of unbranched alkanes of at least 4 members (excludes halogenated alkanes) is 24. The van der Waals surface area contributed by atoms with Crippen molar-refractivity contribution in [3.05, 3.63) is 0 Å².